The van der Waals surface area contributed by atoms with E-state index in [1.165, 1.54) is 115 Å². The Kier molecular flexibility index (Phi) is 9.34. The summed E-state index contributed by atoms with van der Waals surface area (Å²) in [6.45, 7) is 13.6. The van der Waals surface area contributed by atoms with Gasteiger partial charge in [-0.3, -0.25) is 4.79 Å². The predicted octanol–water partition coefficient (Wildman–Crippen LogP) is 15.4. The zero-order chi connectivity index (χ0) is 40.5. The minimum atomic E-state index is -1.14. The second kappa shape index (κ2) is 14.7. The van der Waals surface area contributed by atoms with Crippen molar-refractivity contribution >= 4 is 62.1 Å². The molecule has 0 spiro atoms. The Bertz CT molecular complexity index is 2810. The molecule has 1 aliphatic rings. The minimum absolute atomic E-state index is 0.0398. The summed E-state index contributed by atoms with van der Waals surface area (Å²) in [5, 5.41) is 11.3. The highest BCUT2D eigenvalue weighted by Crippen LogP contribution is 2.70. The van der Waals surface area contributed by atoms with Gasteiger partial charge in [0.15, 0.2) is 0 Å². The Morgan fingerprint density at radius 1 is 0.407 bits per heavy atom. The molecule has 0 N–H and O–H groups in total. The Morgan fingerprint density at radius 2 is 0.729 bits per heavy atom. The van der Waals surface area contributed by atoms with E-state index < -0.39 is 7.92 Å². The zero-order valence-corrected chi connectivity index (χ0v) is 35.8. The lowest BCUT2D eigenvalue weighted by atomic mass is 9.88. The molecule has 1 fully saturated rings. The van der Waals surface area contributed by atoms with Gasteiger partial charge in [-0.25, -0.2) is 0 Å². The van der Waals surface area contributed by atoms with Crippen LogP contribution in [0.2, 0.25) is 0 Å². The van der Waals surface area contributed by atoms with E-state index in [-0.39, 0.29) is 11.3 Å². The number of Topliss-reactive ketones (excluding diaryl/α,β-unsaturated/α-hetero) is 1. The molecule has 59 heavy (non-hydrogen) atoms. The van der Waals surface area contributed by atoms with Crippen LogP contribution in [0.25, 0.3) is 65.3 Å². The van der Waals surface area contributed by atoms with E-state index in [4.69, 9.17) is 0 Å². The van der Waals surface area contributed by atoms with Crippen LogP contribution >= 0.6 is 7.92 Å². The largest absolute Gasteiger partial charge is 0.300 e. The summed E-state index contributed by atoms with van der Waals surface area (Å²) in [5.41, 5.74) is 15.5. The first kappa shape index (κ1) is 37.4. The molecule has 1 aliphatic heterocycles. The van der Waals surface area contributed by atoms with E-state index in [9.17, 15) is 4.79 Å². The summed E-state index contributed by atoms with van der Waals surface area (Å²) < 4.78 is 0. The maximum absolute atomic E-state index is 15.0. The Labute approximate surface area is 349 Å². The smallest absolute Gasteiger partial charge is 0.134 e. The van der Waals surface area contributed by atoms with Crippen LogP contribution in [-0.2, 0) is 4.79 Å². The van der Waals surface area contributed by atoms with E-state index in [0.717, 1.165) is 0 Å². The fourth-order valence-corrected chi connectivity index (χ4v) is 14.9. The predicted molar refractivity (Wildman–Crippen MR) is 255 cm³/mol. The number of ketones is 1. The highest BCUT2D eigenvalue weighted by molar-refractivity contribution is 7.67. The molecule has 0 aliphatic carbocycles. The van der Waals surface area contributed by atoms with E-state index in [0.29, 0.717) is 18.6 Å². The normalized spacial score (nSPS) is 17.1. The lowest BCUT2D eigenvalue weighted by Gasteiger charge is -2.43. The van der Waals surface area contributed by atoms with Gasteiger partial charge in [-0.1, -0.05) is 159 Å². The van der Waals surface area contributed by atoms with Crippen LogP contribution in [0, 0.1) is 41.5 Å². The number of carbonyl (C=O) groups excluding carboxylic acids is 1. The average molecular weight is 781 g/mol. The zero-order valence-electron chi connectivity index (χ0n) is 34.9. The first-order chi connectivity index (χ1) is 28.7. The standard InChI is InChI=1S/C57H49OP/c1-34-26-36(3)53(37(4)27-34)49-24-15-25-50(54-38(5)28-35(2)29-39(54)6)57(49)59-51(55-45-20-11-7-16-40(45)30-41-17-8-12-21-46(41)55)32-44(58)33-52(59)56-47-22-13-9-18-42(47)31-43-19-10-14-23-48(43)56/h7-31,51-52H,32-33H2,1-6H3. The molecule has 0 amide bonds. The quantitative estimate of drug-likeness (QED) is 0.126. The third-order valence-corrected chi connectivity index (χ3v) is 16.2. The minimum Gasteiger partial charge on any atom is -0.300 e. The van der Waals surface area contributed by atoms with Crippen molar-refractivity contribution in [3.05, 3.63) is 196 Å². The first-order valence-electron chi connectivity index (χ1n) is 21.1. The van der Waals surface area contributed by atoms with Gasteiger partial charge in [-0.05, 0) is 158 Å². The molecule has 2 heteroatoms. The molecule has 9 aromatic rings. The van der Waals surface area contributed by atoms with Crippen LogP contribution in [0.4, 0.5) is 0 Å². The van der Waals surface area contributed by atoms with Crippen molar-refractivity contribution in [2.45, 2.75) is 65.7 Å². The second-order valence-electron chi connectivity index (χ2n) is 17.1. The molecule has 0 saturated carbocycles. The topological polar surface area (TPSA) is 17.1 Å². The molecule has 2 unspecified atom stereocenters. The molecule has 288 valence electrons. The van der Waals surface area contributed by atoms with Crippen LogP contribution in [-0.4, -0.2) is 5.78 Å². The summed E-state index contributed by atoms with van der Waals surface area (Å²) in [6.07, 6.45) is 1.02. The van der Waals surface area contributed by atoms with Gasteiger partial charge in [-0.15, -0.1) is 0 Å². The van der Waals surface area contributed by atoms with E-state index in [2.05, 4.69) is 193 Å². The summed E-state index contributed by atoms with van der Waals surface area (Å²) in [4.78, 5) is 15.0. The Morgan fingerprint density at radius 3 is 1.07 bits per heavy atom. The molecular weight excluding hydrogens is 732 g/mol. The van der Waals surface area contributed by atoms with Crippen LogP contribution < -0.4 is 5.30 Å². The molecule has 0 radical (unpaired) electrons. The number of carbonyl (C=O) groups is 1. The van der Waals surface area contributed by atoms with Gasteiger partial charge in [0.25, 0.3) is 0 Å². The third kappa shape index (κ3) is 6.30. The maximum Gasteiger partial charge on any atom is 0.134 e. The molecule has 1 nitrogen and oxygen atoms in total. The molecule has 1 heterocycles. The van der Waals surface area contributed by atoms with Gasteiger partial charge in [0.05, 0.1) is 0 Å². The van der Waals surface area contributed by atoms with Crippen LogP contribution in [0.5, 0.6) is 0 Å². The summed E-state index contributed by atoms with van der Waals surface area (Å²) in [7, 11) is -1.14. The fourth-order valence-electron chi connectivity index (χ4n) is 11.0. The van der Waals surface area contributed by atoms with Crippen molar-refractivity contribution < 1.29 is 4.79 Å². The molecule has 10 rings (SSSR count). The second-order valence-corrected chi connectivity index (χ2v) is 19.6. The molecule has 0 bridgehead atoms. The third-order valence-electron chi connectivity index (χ3n) is 13.0. The van der Waals surface area contributed by atoms with Gasteiger partial charge < -0.3 is 0 Å². The van der Waals surface area contributed by atoms with Crippen molar-refractivity contribution in [2.75, 3.05) is 0 Å². The van der Waals surface area contributed by atoms with Crippen LogP contribution in [0.1, 0.15) is 68.7 Å². The molecule has 9 aromatic carbocycles. The fraction of sp³-hybridized carbons (Fsp3) is 0.175. The summed E-state index contributed by atoms with van der Waals surface area (Å²) >= 11 is 0. The van der Waals surface area contributed by atoms with Crippen LogP contribution in [0.3, 0.4) is 0 Å². The number of aryl methyl sites for hydroxylation is 6. The van der Waals surface area contributed by atoms with Gasteiger partial charge >= 0.3 is 0 Å². The lowest BCUT2D eigenvalue weighted by molar-refractivity contribution is -0.119. The van der Waals surface area contributed by atoms with E-state index in [1.807, 2.05) is 0 Å². The summed E-state index contributed by atoms with van der Waals surface area (Å²) in [5.74, 6) is 0.345. The highest BCUT2D eigenvalue weighted by atomic mass is 31.1. The molecular formula is C57H49OP. The van der Waals surface area contributed by atoms with Gasteiger partial charge in [0.2, 0.25) is 0 Å². The monoisotopic (exact) mass is 780 g/mol. The van der Waals surface area contributed by atoms with Crippen LogP contribution in [0.15, 0.2) is 152 Å². The maximum atomic E-state index is 15.0. The van der Waals surface area contributed by atoms with E-state index >= 15 is 0 Å². The Hall–Kier alpha value is -5.88. The number of hydrogen-bond acceptors (Lipinski definition) is 1. The Balaban J connectivity index is 1.41. The van der Waals surface area contributed by atoms with Crippen molar-refractivity contribution in [1.82, 2.24) is 0 Å². The first-order valence-corrected chi connectivity index (χ1v) is 22.5. The molecule has 0 aromatic heterocycles. The van der Waals surface area contributed by atoms with Crippen molar-refractivity contribution in [3.8, 4) is 22.3 Å². The van der Waals surface area contributed by atoms with Gasteiger partial charge in [0, 0.05) is 24.2 Å². The molecule has 2 atom stereocenters. The number of hydrogen-bond donors (Lipinski definition) is 0. The van der Waals surface area contributed by atoms with Crippen molar-refractivity contribution in [3.63, 3.8) is 0 Å². The summed E-state index contributed by atoms with van der Waals surface area (Å²) in [6, 6.07) is 56.8. The van der Waals surface area contributed by atoms with E-state index in [1.54, 1.807) is 0 Å². The average Bonchev–Trinajstić information content (AvgIpc) is 3.21. The highest BCUT2D eigenvalue weighted by Gasteiger charge is 2.44. The SMILES string of the molecule is Cc1cc(C)c(-c2cccc(-c3c(C)cc(C)cc3C)c2P2C(c3c4ccccc4cc4ccccc34)CC(=O)CC2c2c3ccccc3cc3ccccc23)c(C)c1. The van der Waals surface area contributed by atoms with Gasteiger partial charge in [0.1, 0.15) is 5.78 Å². The number of rotatable bonds is 5. The van der Waals surface area contributed by atoms with Gasteiger partial charge in [-0.2, -0.15) is 0 Å². The molecule has 1 saturated heterocycles. The van der Waals surface area contributed by atoms with Crippen molar-refractivity contribution in [1.29, 1.82) is 0 Å². The van der Waals surface area contributed by atoms with Crippen molar-refractivity contribution in [2.24, 2.45) is 0 Å². The number of benzene rings is 9. The number of fused-ring (bicyclic) bond motifs is 4. The lowest BCUT2D eigenvalue weighted by Crippen LogP contribution is -2.26.